The van der Waals surface area contributed by atoms with Gasteiger partial charge in [0.1, 0.15) is 5.75 Å². The summed E-state index contributed by atoms with van der Waals surface area (Å²) in [5.74, 6) is 0.864. The summed E-state index contributed by atoms with van der Waals surface area (Å²) in [6.07, 6.45) is 0.705. The van der Waals surface area contributed by atoms with Gasteiger partial charge in [-0.1, -0.05) is 12.1 Å². The highest BCUT2D eigenvalue weighted by atomic mass is 79.9. The summed E-state index contributed by atoms with van der Waals surface area (Å²) in [4.78, 5) is 0. The van der Waals surface area contributed by atoms with E-state index in [4.69, 9.17) is 10.00 Å². The van der Waals surface area contributed by atoms with E-state index in [1.807, 2.05) is 26.0 Å². The van der Waals surface area contributed by atoms with E-state index in [0.717, 1.165) is 22.3 Å². The largest absolute Gasteiger partial charge is 0.492 e. The molecule has 0 atom stereocenters. The zero-order valence-corrected chi connectivity index (χ0v) is 15.2. The second-order valence-electron chi connectivity index (χ2n) is 6.93. The van der Waals surface area contributed by atoms with Gasteiger partial charge in [-0.05, 0) is 63.0 Å². The van der Waals surface area contributed by atoms with Gasteiger partial charge in [0.15, 0.2) is 0 Å². The standard InChI is InChI=1S/C17H25BrN2O/c1-16(2,3)20-11-13-7-6-8-14(18)15(13)21-10-9-17(4,5)12-19/h6-8,20H,9-11H2,1-5H3. The summed E-state index contributed by atoms with van der Waals surface area (Å²) in [6, 6.07) is 8.35. The molecule has 0 unspecified atom stereocenters. The lowest BCUT2D eigenvalue weighted by molar-refractivity contribution is 0.259. The Morgan fingerprint density at radius 3 is 2.48 bits per heavy atom. The van der Waals surface area contributed by atoms with Gasteiger partial charge < -0.3 is 10.1 Å². The molecule has 116 valence electrons. The molecule has 0 bridgehead atoms. The van der Waals surface area contributed by atoms with Crippen LogP contribution in [-0.4, -0.2) is 12.1 Å². The number of ether oxygens (including phenoxy) is 1. The number of nitrogens with zero attached hydrogens (tertiary/aromatic N) is 1. The molecule has 1 aromatic carbocycles. The molecular weight excluding hydrogens is 328 g/mol. The minimum absolute atomic E-state index is 0.0579. The van der Waals surface area contributed by atoms with E-state index in [2.05, 4.69) is 54.2 Å². The van der Waals surface area contributed by atoms with Crippen molar-refractivity contribution in [2.24, 2.45) is 5.41 Å². The van der Waals surface area contributed by atoms with E-state index in [1.165, 1.54) is 0 Å². The Labute approximate surface area is 136 Å². The predicted molar refractivity (Wildman–Crippen MR) is 90.2 cm³/mol. The lowest BCUT2D eigenvalue weighted by Gasteiger charge is -2.22. The summed E-state index contributed by atoms with van der Waals surface area (Å²) in [5, 5.41) is 12.5. The Hall–Kier alpha value is -1.05. The highest BCUT2D eigenvalue weighted by molar-refractivity contribution is 9.10. The Balaban J connectivity index is 2.75. The fraction of sp³-hybridized carbons (Fsp3) is 0.588. The lowest BCUT2D eigenvalue weighted by Crippen LogP contribution is -2.35. The number of hydrogen-bond donors (Lipinski definition) is 1. The third kappa shape index (κ3) is 6.50. The molecule has 0 saturated carbocycles. The molecule has 0 aliphatic rings. The second kappa shape index (κ2) is 7.29. The van der Waals surface area contributed by atoms with Crippen LogP contribution >= 0.6 is 15.9 Å². The number of nitriles is 1. The van der Waals surface area contributed by atoms with Gasteiger partial charge in [0, 0.05) is 17.6 Å². The smallest absolute Gasteiger partial charge is 0.137 e. The highest BCUT2D eigenvalue weighted by Crippen LogP contribution is 2.30. The van der Waals surface area contributed by atoms with Gasteiger partial charge in [-0.2, -0.15) is 5.26 Å². The Morgan fingerprint density at radius 1 is 1.24 bits per heavy atom. The van der Waals surface area contributed by atoms with Gasteiger partial charge in [0.2, 0.25) is 0 Å². The third-order valence-corrected chi connectivity index (χ3v) is 3.76. The van der Waals surface area contributed by atoms with Crippen molar-refractivity contribution in [3.63, 3.8) is 0 Å². The number of rotatable bonds is 6. The zero-order chi connectivity index (χ0) is 16.1. The number of nitrogens with one attached hydrogen (secondary N) is 1. The first kappa shape index (κ1) is 18.0. The topological polar surface area (TPSA) is 45.0 Å². The van der Waals surface area contributed by atoms with E-state index < -0.39 is 0 Å². The molecule has 1 rings (SSSR count). The van der Waals surface area contributed by atoms with Crippen molar-refractivity contribution in [3.8, 4) is 11.8 Å². The molecule has 0 amide bonds. The molecule has 0 aromatic heterocycles. The van der Waals surface area contributed by atoms with Crippen molar-refractivity contribution in [2.45, 2.75) is 53.1 Å². The number of benzene rings is 1. The van der Waals surface area contributed by atoms with E-state index >= 15 is 0 Å². The van der Waals surface area contributed by atoms with Crippen LogP contribution in [-0.2, 0) is 6.54 Å². The number of halogens is 1. The van der Waals surface area contributed by atoms with Crippen LogP contribution in [0.2, 0.25) is 0 Å². The molecule has 0 aliphatic heterocycles. The number of para-hydroxylation sites is 1. The van der Waals surface area contributed by atoms with Gasteiger partial charge in [0.05, 0.1) is 22.6 Å². The molecule has 0 radical (unpaired) electrons. The Morgan fingerprint density at radius 2 is 1.90 bits per heavy atom. The van der Waals surface area contributed by atoms with Crippen molar-refractivity contribution in [1.29, 1.82) is 5.26 Å². The molecule has 0 saturated heterocycles. The first-order valence-electron chi connectivity index (χ1n) is 7.21. The maximum atomic E-state index is 9.05. The average molecular weight is 353 g/mol. The highest BCUT2D eigenvalue weighted by Gasteiger charge is 2.18. The van der Waals surface area contributed by atoms with Gasteiger partial charge in [0.25, 0.3) is 0 Å². The van der Waals surface area contributed by atoms with Crippen LogP contribution in [0.4, 0.5) is 0 Å². The molecular formula is C17H25BrN2O. The van der Waals surface area contributed by atoms with Gasteiger partial charge >= 0.3 is 0 Å². The van der Waals surface area contributed by atoms with Crippen molar-refractivity contribution in [2.75, 3.05) is 6.61 Å². The molecule has 0 aliphatic carbocycles. The van der Waals surface area contributed by atoms with E-state index in [-0.39, 0.29) is 11.0 Å². The summed E-state index contributed by atoms with van der Waals surface area (Å²) in [5.41, 5.74) is 0.821. The second-order valence-corrected chi connectivity index (χ2v) is 7.78. The minimum atomic E-state index is -0.356. The lowest BCUT2D eigenvalue weighted by atomic mass is 9.92. The molecule has 4 heteroatoms. The maximum Gasteiger partial charge on any atom is 0.137 e. The fourth-order valence-corrected chi connectivity index (χ4v) is 2.20. The van der Waals surface area contributed by atoms with E-state index in [9.17, 15) is 0 Å². The van der Waals surface area contributed by atoms with Crippen molar-refractivity contribution < 1.29 is 4.74 Å². The van der Waals surface area contributed by atoms with Gasteiger partial charge in [-0.3, -0.25) is 0 Å². The fourth-order valence-electron chi connectivity index (χ4n) is 1.68. The summed E-state index contributed by atoms with van der Waals surface area (Å²) >= 11 is 3.55. The monoisotopic (exact) mass is 352 g/mol. The molecule has 0 fully saturated rings. The van der Waals surface area contributed by atoms with Crippen LogP contribution in [0.15, 0.2) is 22.7 Å². The first-order chi connectivity index (χ1) is 9.64. The first-order valence-corrected chi connectivity index (χ1v) is 8.00. The number of hydrogen-bond acceptors (Lipinski definition) is 3. The maximum absolute atomic E-state index is 9.05. The van der Waals surface area contributed by atoms with Crippen LogP contribution < -0.4 is 10.1 Å². The Bertz CT molecular complexity index is 513. The normalized spacial score (nSPS) is 12.0. The molecule has 1 N–H and O–H groups in total. The van der Waals surface area contributed by atoms with Crippen molar-refractivity contribution in [1.82, 2.24) is 5.32 Å². The molecule has 0 heterocycles. The third-order valence-electron chi connectivity index (χ3n) is 3.13. The summed E-state index contributed by atoms with van der Waals surface area (Å²) < 4.78 is 6.88. The summed E-state index contributed by atoms with van der Waals surface area (Å²) in [6.45, 7) is 11.6. The predicted octanol–water partition coefficient (Wildman–Crippen LogP) is 4.66. The molecule has 0 spiro atoms. The average Bonchev–Trinajstić information content (AvgIpc) is 2.38. The molecule has 3 nitrogen and oxygen atoms in total. The van der Waals surface area contributed by atoms with Gasteiger partial charge in [-0.25, -0.2) is 0 Å². The molecule has 1 aromatic rings. The van der Waals surface area contributed by atoms with Crippen LogP contribution in [0.5, 0.6) is 5.75 Å². The van der Waals surface area contributed by atoms with Crippen molar-refractivity contribution in [3.05, 3.63) is 28.2 Å². The van der Waals surface area contributed by atoms with Crippen LogP contribution in [0.3, 0.4) is 0 Å². The SMILES string of the molecule is CC(C)(C#N)CCOc1c(Br)cccc1CNC(C)(C)C. The minimum Gasteiger partial charge on any atom is -0.492 e. The molecule has 21 heavy (non-hydrogen) atoms. The van der Waals surface area contributed by atoms with Crippen LogP contribution in [0, 0.1) is 16.7 Å². The quantitative estimate of drug-likeness (QED) is 0.809. The van der Waals surface area contributed by atoms with E-state index in [1.54, 1.807) is 0 Å². The van der Waals surface area contributed by atoms with Gasteiger partial charge in [-0.15, -0.1) is 0 Å². The zero-order valence-electron chi connectivity index (χ0n) is 13.6. The van der Waals surface area contributed by atoms with Crippen LogP contribution in [0.25, 0.3) is 0 Å². The van der Waals surface area contributed by atoms with Crippen LogP contribution in [0.1, 0.15) is 46.6 Å². The van der Waals surface area contributed by atoms with Crippen molar-refractivity contribution >= 4 is 15.9 Å². The summed E-state index contributed by atoms with van der Waals surface area (Å²) in [7, 11) is 0. The van der Waals surface area contributed by atoms with E-state index in [0.29, 0.717) is 13.0 Å². The Kier molecular flexibility index (Phi) is 6.24.